The van der Waals surface area contributed by atoms with E-state index in [1.807, 2.05) is 80.6 Å². The van der Waals surface area contributed by atoms with Crippen molar-refractivity contribution in [3.05, 3.63) is 106 Å². The molecule has 0 saturated carbocycles. The summed E-state index contributed by atoms with van der Waals surface area (Å²) in [7, 11) is 1.59. The third-order valence-electron chi connectivity index (χ3n) is 6.94. The van der Waals surface area contributed by atoms with E-state index in [9.17, 15) is 4.79 Å². The number of amidine groups is 1. The van der Waals surface area contributed by atoms with Crippen molar-refractivity contribution in [1.82, 2.24) is 9.88 Å². The molecule has 0 amide bonds. The van der Waals surface area contributed by atoms with Crippen molar-refractivity contribution in [2.24, 2.45) is 21.6 Å². The summed E-state index contributed by atoms with van der Waals surface area (Å²) in [6.07, 6.45) is 0.875. The molecule has 4 aromatic rings. The molecule has 0 aliphatic carbocycles. The molecule has 2 heterocycles. The molecule has 192 valence electrons. The van der Waals surface area contributed by atoms with Crippen molar-refractivity contribution in [2.45, 2.75) is 26.6 Å². The Hall–Kier alpha value is -4.56. The van der Waals surface area contributed by atoms with Gasteiger partial charge in [0.1, 0.15) is 24.1 Å². The van der Waals surface area contributed by atoms with E-state index in [2.05, 4.69) is 15.3 Å². The van der Waals surface area contributed by atoms with Gasteiger partial charge in [-0.2, -0.15) is 0 Å². The summed E-state index contributed by atoms with van der Waals surface area (Å²) in [5.41, 5.74) is 10.7. The van der Waals surface area contributed by atoms with Crippen LogP contribution in [0.15, 0.2) is 87.6 Å². The maximum absolute atomic E-state index is 13.9. The lowest BCUT2D eigenvalue weighted by Gasteiger charge is -2.28. The van der Waals surface area contributed by atoms with Gasteiger partial charge in [0.15, 0.2) is 0 Å². The number of nitrogens with two attached hydrogens (primary N) is 1. The number of nitrogens with zero attached hydrogens (tertiary/aromatic N) is 3. The number of hydrogen-bond acceptors (Lipinski definition) is 7. The van der Waals surface area contributed by atoms with Crippen molar-refractivity contribution in [1.29, 1.82) is 5.41 Å². The van der Waals surface area contributed by atoms with Gasteiger partial charge in [0.2, 0.25) is 0 Å². The lowest BCUT2D eigenvalue weighted by Crippen LogP contribution is -2.48. The lowest BCUT2D eigenvalue weighted by molar-refractivity contribution is 0.414. The Labute approximate surface area is 221 Å². The summed E-state index contributed by atoms with van der Waals surface area (Å²) in [5, 5.41) is 13.9. The van der Waals surface area contributed by atoms with E-state index >= 15 is 0 Å². The Kier molecular flexibility index (Phi) is 6.89. The molecule has 5 rings (SSSR count). The number of pyridine rings is 1. The third-order valence-corrected chi connectivity index (χ3v) is 6.94. The van der Waals surface area contributed by atoms with Crippen LogP contribution in [-0.4, -0.2) is 35.7 Å². The number of benzene rings is 3. The Balaban J connectivity index is 1.54. The van der Waals surface area contributed by atoms with Crippen LogP contribution >= 0.6 is 0 Å². The molecule has 0 radical (unpaired) electrons. The first-order valence-electron chi connectivity index (χ1n) is 12.4. The molecule has 1 aliphatic rings. The first-order valence-corrected chi connectivity index (χ1v) is 12.4. The molecule has 2 unspecified atom stereocenters. The van der Waals surface area contributed by atoms with Gasteiger partial charge in [-0.3, -0.25) is 19.7 Å². The zero-order valence-electron chi connectivity index (χ0n) is 21.6. The normalized spacial score (nSPS) is 16.9. The summed E-state index contributed by atoms with van der Waals surface area (Å²) in [6, 6.07) is 23.1. The Morgan fingerprint density at radius 2 is 1.82 bits per heavy atom. The van der Waals surface area contributed by atoms with Crippen molar-refractivity contribution >= 4 is 28.7 Å². The molecular weight excluding hydrogens is 476 g/mol. The van der Waals surface area contributed by atoms with E-state index in [4.69, 9.17) is 15.9 Å². The quantitative estimate of drug-likeness (QED) is 0.327. The average molecular weight is 507 g/mol. The highest BCUT2D eigenvalue weighted by atomic mass is 16.5. The molecule has 2 atom stereocenters. The number of hydrogen-bond donors (Lipinski definition) is 3. The first-order chi connectivity index (χ1) is 18.4. The third kappa shape index (κ3) is 4.62. The van der Waals surface area contributed by atoms with Crippen LogP contribution in [0.5, 0.6) is 5.75 Å². The number of ether oxygens (including phenoxy) is 1. The van der Waals surface area contributed by atoms with Gasteiger partial charge in [0.25, 0.3) is 5.56 Å². The Morgan fingerprint density at radius 3 is 2.61 bits per heavy atom. The largest absolute Gasteiger partial charge is 0.497 e. The molecule has 8 heteroatoms. The summed E-state index contributed by atoms with van der Waals surface area (Å²) in [6.45, 7) is 4.28. The molecule has 0 spiro atoms. The maximum Gasteiger partial charge on any atom is 0.263 e. The zero-order chi connectivity index (χ0) is 26.8. The number of aromatic nitrogens is 1. The van der Waals surface area contributed by atoms with E-state index in [0.717, 1.165) is 27.9 Å². The fraction of sp³-hybridized carbons (Fsp3) is 0.200. The second-order valence-corrected chi connectivity index (χ2v) is 9.37. The van der Waals surface area contributed by atoms with E-state index in [0.29, 0.717) is 29.1 Å². The van der Waals surface area contributed by atoms with Gasteiger partial charge in [-0.05, 0) is 60.2 Å². The van der Waals surface area contributed by atoms with Crippen LogP contribution in [0.4, 0.5) is 0 Å². The number of para-hydroxylation sites is 1. The summed E-state index contributed by atoms with van der Waals surface area (Å²) >= 11 is 0. The van der Waals surface area contributed by atoms with Gasteiger partial charge in [-0.15, -0.1) is 0 Å². The van der Waals surface area contributed by atoms with Crippen LogP contribution in [0, 0.1) is 25.2 Å². The van der Waals surface area contributed by atoms with Crippen molar-refractivity contribution < 1.29 is 4.74 Å². The summed E-state index contributed by atoms with van der Waals surface area (Å²) < 4.78 is 7.10. The smallest absolute Gasteiger partial charge is 0.263 e. The van der Waals surface area contributed by atoms with E-state index < -0.39 is 12.1 Å². The second-order valence-electron chi connectivity index (χ2n) is 9.37. The molecule has 0 fully saturated rings. The predicted octanol–water partition coefficient (Wildman–Crippen LogP) is 4.12. The second kappa shape index (κ2) is 10.4. The van der Waals surface area contributed by atoms with Gasteiger partial charge in [0.05, 0.1) is 29.8 Å². The van der Waals surface area contributed by atoms with Crippen LogP contribution in [0.3, 0.4) is 0 Å². The fourth-order valence-electron chi connectivity index (χ4n) is 4.95. The van der Waals surface area contributed by atoms with E-state index in [1.54, 1.807) is 17.7 Å². The first kappa shape index (κ1) is 25.1. The van der Waals surface area contributed by atoms with Crippen molar-refractivity contribution in [3.63, 3.8) is 0 Å². The Morgan fingerprint density at radius 1 is 1.05 bits per heavy atom. The topological polar surface area (TPSA) is 118 Å². The zero-order valence-corrected chi connectivity index (χ0v) is 21.6. The number of rotatable bonds is 7. The monoisotopic (exact) mass is 506 g/mol. The molecule has 1 aromatic heterocycles. The minimum atomic E-state index is -0.589. The number of aryl methyl sites for hydroxylation is 2. The molecular formula is C30H30N6O2. The Bertz CT molecular complexity index is 1650. The van der Waals surface area contributed by atoms with E-state index in [-0.39, 0.29) is 11.3 Å². The molecule has 3 aromatic carbocycles. The molecule has 4 N–H and O–H groups in total. The van der Waals surface area contributed by atoms with Crippen LogP contribution in [-0.2, 0) is 6.54 Å². The highest BCUT2D eigenvalue weighted by molar-refractivity contribution is 6.15. The van der Waals surface area contributed by atoms with Crippen LogP contribution < -0.4 is 21.3 Å². The molecule has 0 saturated heterocycles. The van der Waals surface area contributed by atoms with Gasteiger partial charge in [0, 0.05) is 12.2 Å². The summed E-state index contributed by atoms with van der Waals surface area (Å²) in [4.78, 5) is 22.6. The fourth-order valence-corrected chi connectivity index (χ4v) is 4.95. The average Bonchev–Trinajstić information content (AvgIpc) is 2.92. The summed E-state index contributed by atoms with van der Waals surface area (Å²) in [5.74, 6) is 0.365. The highest BCUT2D eigenvalue weighted by Crippen LogP contribution is 2.23. The number of aliphatic imine (C=N–C) groups is 2. The highest BCUT2D eigenvalue weighted by Gasteiger charge is 2.31. The van der Waals surface area contributed by atoms with Crippen LogP contribution in [0.25, 0.3) is 16.5 Å². The van der Waals surface area contributed by atoms with Gasteiger partial charge >= 0.3 is 0 Å². The van der Waals surface area contributed by atoms with Crippen molar-refractivity contribution in [3.8, 4) is 11.4 Å². The number of fused-ring (bicyclic) bond motifs is 1. The molecule has 0 bridgehead atoms. The minimum Gasteiger partial charge on any atom is -0.497 e. The van der Waals surface area contributed by atoms with Crippen LogP contribution in [0.2, 0.25) is 0 Å². The van der Waals surface area contributed by atoms with Gasteiger partial charge in [-0.25, -0.2) is 4.99 Å². The number of methoxy groups -OCH3 is 1. The molecule has 1 aliphatic heterocycles. The number of nitrogens with one attached hydrogen (secondary N) is 2. The predicted molar refractivity (Wildman–Crippen MR) is 153 cm³/mol. The van der Waals surface area contributed by atoms with Crippen LogP contribution in [0.1, 0.15) is 22.4 Å². The minimum absolute atomic E-state index is 0.0689. The SMILES string of the molecule is COc1cccc(C(=N)C2C(N)=NC=NC2NCc2cc3cccc(C)c3c(=O)n2-c2ccccc2C)c1. The van der Waals surface area contributed by atoms with Gasteiger partial charge < -0.3 is 15.9 Å². The van der Waals surface area contributed by atoms with Crippen molar-refractivity contribution in [2.75, 3.05) is 7.11 Å². The van der Waals surface area contributed by atoms with E-state index in [1.165, 1.54) is 6.34 Å². The standard InChI is InChI=1S/C30H30N6O2/c1-18-8-4-5-13-24(18)36-22(14-20-10-6-9-19(2)25(20)30(36)37)16-33-29-26(28(32)34-17-35-29)27(31)21-11-7-12-23(15-21)38-3/h4-15,17,26,29,31,33H,16H2,1-3H3,(H2,32,34,35). The lowest BCUT2D eigenvalue weighted by atomic mass is 9.92. The van der Waals surface area contributed by atoms with Gasteiger partial charge in [-0.1, -0.05) is 48.5 Å². The molecule has 38 heavy (non-hydrogen) atoms. The molecule has 8 nitrogen and oxygen atoms in total. The maximum atomic E-state index is 13.9.